The van der Waals surface area contributed by atoms with Crippen LogP contribution in [0.15, 0.2) is 77.7 Å². The lowest BCUT2D eigenvalue weighted by atomic mass is 9.99. The van der Waals surface area contributed by atoms with Gasteiger partial charge >= 0.3 is 0 Å². The minimum atomic E-state index is -3.94. The van der Waals surface area contributed by atoms with Gasteiger partial charge in [0, 0.05) is 6.42 Å². The highest BCUT2D eigenvalue weighted by molar-refractivity contribution is 7.89. The molecule has 30 heavy (non-hydrogen) atoms. The van der Waals surface area contributed by atoms with Crippen molar-refractivity contribution in [3.05, 3.63) is 89.7 Å². The highest BCUT2D eigenvalue weighted by Crippen LogP contribution is 2.33. The number of fused-ring (bicyclic) bond motifs is 1. The summed E-state index contributed by atoms with van der Waals surface area (Å²) >= 11 is 0. The van der Waals surface area contributed by atoms with Crippen LogP contribution in [-0.4, -0.2) is 21.6 Å². The van der Waals surface area contributed by atoms with Crippen LogP contribution in [0.2, 0.25) is 0 Å². The van der Waals surface area contributed by atoms with E-state index in [0.717, 1.165) is 23.6 Å². The van der Waals surface area contributed by atoms with Crippen molar-refractivity contribution in [2.24, 2.45) is 0 Å². The normalized spacial score (nSPS) is 14.7. The molecular weight excluding hydrogens is 405 g/mol. The zero-order valence-electron chi connectivity index (χ0n) is 16.3. The van der Waals surface area contributed by atoms with Crippen LogP contribution < -0.4 is 14.2 Å². The van der Waals surface area contributed by atoms with Gasteiger partial charge in [0.15, 0.2) is 11.5 Å². The summed E-state index contributed by atoms with van der Waals surface area (Å²) in [4.78, 5) is -0.116. The number of ether oxygens (including phenoxy) is 2. The van der Waals surface area contributed by atoms with Crippen molar-refractivity contribution in [1.29, 1.82) is 0 Å². The van der Waals surface area contributed by atoms with E-state index >= 15 is 0 Å². The van der Waals surface area contributed by atoms with Crippen molar-refractivity contribution in [2.45, 2.75) is 23.8 Å². The number of benzene rings is 3. The molecular formula is C23H22FNO4S. The summed E-state index contributed by atoms with van der Waals surface area (Å²) in [6.07, 6.45) is 1.21. The maximum absolute atomic E-state index is 13.6. The van der Waals surface area contributed by atoms with E-state index in [1.165, 1.54) is 18.2 Å². The molecule has 3 aromatic rings. The predicted molar refractivity (Wildman–Crippen MR) is 112 cm³/mol. The molecule has 7 heteroatoms. The molecule has 0 radical (unpaired) electrons. The van der Waals surface area contributed by atoms with Crippen LogP contribution in [0.4, 0.5) is 4.39 Å². The zero-order chi connectivity index (χ0) is 21.0. The summed E-state index contributed by atoms with van der Waals surface area (Å²) in [6.45, 7) is 1.11. The van der Waals surface area contributed by atoms with Crippen LogP contribution in [-0.2, 0) is 16.4 Å². The van der Waals surface area contributed by atoms with Gasteiger partial charge in [-0.2, -0.15) is 0 Å². The van der Waals surface area contributed by atoms with E-state index in [4.69, 9.17) is 9.47 Å². The van der Waals surface area contributed by atoms with E-state index in [1.54, 1.807) is 6.07 Å². The summed E-state index contributed by atoms with van der Waals surface area (Å²) < 4.78 is 53.7. The van der Waals surface area contributed by atoms with Crippen LogP contribution in [0.25, 0.3) is 0 Å². The Balaban J connectivity index is 1.69. The minimum Gasteiger partial charge on any atom is -0.490 e. The highest BCUT2D eigenvalue weighted by Gasteiger charge is 2.24. The minimum absolute atomic E-state index is 0.116. The molecule has 1 aliphatic heterocycles. The molecule has 0 spiro atoms. The Bertz CT molecular complexity index is 1120. The quantitative estimate of drug-likeness (QED) is 0.639. The van der Waals surface area contributed by atoms with Crippen LogP contribution in [0, 0.1) is 5.82 Å². The van der Waals surface area contributed by atoms with Gasteiger partial charge in [0.05, 0.1) is 24.2 Å². The zero-order valence-corrected chi connectivity index (χ0v) is 17.1. The van der Waals surface area contributed by atoms with E-state index in [9.17, 15) is 12.8 Å². The molecule has 0 aliphatic carbocycles. The van der Waals surface area contributed by atoms with Crippen molar-refractivity contribution in [3.63, 3.8) is 0 Å². The van der Waals surface area contributed by atoms with Crippen molar-refractivity contribution >= 4 is 10.0 Å². The molecule has 4 rings (SSSR count). The molecule has 0 fully saturated rings. The van der Waals surface area contributed by atoms with Gasteiger partial charge in [0.25, 0.3) is 0 Å². The third kappa shape index (κ3) is 4.80. The molecule has 1 aliphatic rings. The topological polar surface area (TPSA) is 64.6 Å². The molecule has 1 N–H and O–H groups in total. The molecule has 1 heterocycles. The molecule has 0 saturated heterocycles. The van der Waals surface area contributed by atoms with E-state index < -0.39 is 21.9 Å². The molecule has 1 unspecified atom stereocenters. The first-order valence-corrected chi connectivity index (χ1v) is 11.2. The fraction of sp³-hybridized carbons (Fsp3) is 0.217. The summed E-state index contributed by atoms with van der Waals surface area (Å²) in [5, 5.41) is 0. The van der Waals surface area contributed by atoms with Crippen molar-refractivity contribution in [2.75, 3.05) is 13.2 Å². The summed E-state index contributed by atoms with van der Waals surface area (Å²) in [6, 6.07) is 19.4. The predicted octanol–water partition coefficient (Wildman–Crippen LogP) is 4.25. The van der Waals surface area contributed by atoms with Gasteiger partial charge in [0.1, 0.15) is 5.82 Å². The number of nitrogens with one attached hydrogen (secondary N) is 1. The molecule has 0 amide bonds. The molecule has 1 atom stereocenters. The highest BCUT2D eigenvalue weighted by atomic mass is 32.2. The Labute approximate surface area is 175 Å². The second-order valence-electron chi connectivity index (χ2n) is 7.08. The third-order valence-electron chi connectivity index (χ3n) is 4.86. The van der Waals surface area contributed by atoms with Gasteiger partial charge < -0.3 is 9.47 Å². The maximum atomic E-state index is 13.6. The number of hydrogen-bond donors (Lipinski definition) is 1. The van der Waals surface area contributed by atoms with Gasteiger partial charge in [-0.15, -0.1) is 0 Å². The van der Waals surface area contributed by atoms with Crippen molar-refractivity contribution in [1.82, 2.24) is 4.72 Å². The van der Waals surface area contributed by atoms with E-state index in [-0.39, 0.29) is 4.90 Å². The molecule has 0 aromatic heterocycles. The Morgan fingerprint density at radius 2 is 1.67 bits per heavy atom. The average molecular weight is 427 g/mol. The SMILES string of the molecule is O=S(=O)(NC(Cc1ccccc1)c1ccc2c(c1)OCCCO2)c1cccc(F)c1. The number of sulfonamides is 1. The van der Waals surface area contributed by atoms with Gasteiger partial charge in [-0.1, -0.05) is 42.5 Å². The fourth-order valence-corrected chi connectivity index (χ4v) is 4.62. The largest absolute Gasteiger partial charge is 0.490 e. The third-order valence-corrected chi connectivity index (χ3v) is 6.33. The van der Waals surface area contributed by atoms with Crippen molar-refractivity contribution < 1.29 is 22.3 Å². The Hall–Kier alpha value is -2.90. The lowest BCUT2D eigenvalue weighted by Crippen LogP contribution is -2.30. The van der Waals surface area contributed by atoms with Crippen LogP contribution in [0.5, 0.6) is 11.5 Å². The molecule has 0 bridgehead atoms. The maximum Gasteiger partial charge on any atom is 0.241 e. The van der Waals surface area contributed by atoms with Crippen LogP contribution in [0.3, 0.4) is 0 Å². The first-order valence-electron chi connectivity index (χ1n) is 9.73. The van der Waals surface area contributed by atoms with E-state index in [0.29, 0.717) is 31.1 Å². The van der Waals surface area contributed by atoms with Gasteiger partial charge in [0.2, 0.25) is 10.0 Å². The molecule has 0 saturated carbocycles. The van der Waals surface area contributed by atoms with Gasteiger partial charge in [-0.3, -0.25) is 0 Å². The van der Waals surface area contributed by atoms with E-state index in [1.807, 2.05) is 42.5 Å². The number of hydrogen-bond acceptors (Lipinski definition) is 4. The standard InChI is InChI=1S/C23H22FNO4S/c24-19-8-4-9-20(16-19)30(26,27)25-21(14-17-6-2-1-3-7-17)18-10-11-22-23(15-18)29-13-5-12-28-22/h1-4,6-11,15-16,21,25H,5,12-14H2. The van der Waals surface area contributed by atoms with E-state index in [2.05, 4.69) is 4.72 Å². The lowest BCUT2D eigenvalue weighted by molar-refractivity contribution is 0.297. The molecule has 156 valence electrons. The molecule has 5 nitrogen and oxygen atoms in total. The summed E-state index contributed by atoms with van der Waals surface area (Å²) in [7, 11) is -3.94. The number of halogens is 1. The fourth-order valence-electron chi connectivity index (χ4n) is 3.36. The second-order valence-corrected chi connectivity index (χ2v) is 8.79. The van der Waals surface area contributed by atoms with Gasteiger partial charge in [-0.25, -0.2) is 17.5 Å². The first kappa shape index (κ1) is 20.4. The first-order chi connectivity index (χ1) is 14.5. The average Bonchev–Trinajstić information content (AvgIpc) is 2.99. The second kappa shape index (κ2) is 8.85. The Morgan fingerprint density at radius 3 is 2.43 bits per heavy atom. The summed E-state index contributed by atoms with van der Waals surface area (Å²) in [5.74, 6) is 0.628. The van der Waals surface area contributed by atoms with Crippen molar-refractivity contribution in [3.8, 4) is 11.5 Å². The summed E-state index contributed by atoms with van der Waals surface area (Å²) in [5.41, 5.74) is 1.71. The Kier molecular flexibility index (Phi) is 6.01. The van der Waals surface area contributed by atoms with Crippen LogP contribution in [0.1, 0.15) is 23.6 Å². The lowest BCUT2D eigenvalue weighted by Gasteiger charge is -2.21. The van der Waals surface area contributed by atoms with Crippen LogP contribution >= 0.6 is 0 Å². The monoisotopic (exact) mass is 427 g/mol. The molecule has 3 aromatic carbocycles. The Morgan fingerprint density at radius 1 is 0.900 bits per heavy atom. The smallest absolute Gasteiger partial charge is 0.241 e. The van der Waals surface area contributed by atoms with Gasteiger partial charge in [-0.05, 0) is 47.9 Å². The number of rotatable bonds is 6.